The Hall–Kier alpha value is -3.06. The van der Waals surface area contributed by atoms with E-state index in [1.807, 2.05) is 62.3 Å². The van der Waals surface area contributed by atoms with E-state index in [1.54, 1.807) is 6.07 Å². The number of aromatic nitrogens is 2. The predicted molar refractivity (Wildman–Crippen MR) is 132 cm³/mol. The molecule has 1 aliphatic carbocycles. The number of carbonyl (C=O) groups is 1. The van der Waals surface area contributed by atoms with Crippen molar-refractivity contribution in [2.24, 2.45) is 0 Å². The van der Waals surface area contributed by atoms with Crippen LogP contribution in [0.5, 0.6) is 0 Å². The first-order chi connectivity index (χ1) is 15.4. The van der Waals surface area contributed by atoms with E-state index in [1.165, 1.54) is 0 Å². The van der Waals surface area contributed by atoms with Crippen molar-refractivity contribution in [2.75, 3.05) is 29.6 Å². The monoisotopic (exact) mass is 452 g/mol. The third-order valence-corrected chi connectivity index (χ3v) is 6.18. The van der Waals surface area contributed by atoms with Gasteiger partial charge in [-0.05, 0) is 56.4 Å². The smallest absolute Gasteiger partial charge is 0.319 e. The summed E-state index contributed by atoms with van der Waals surface area (Å²) in [5.74, 6) is 1.55. The van der Waals surface area contributed by atoms with Crippen LogP contribution >= 0.6 is 11.6 Å². The molecule has 1 fully saturated rings. The molecule has 0 unspecified atom stereocenters. The molecule has 1 saturated carbocycles. The number of rotatable bonds is 5. The summed E-state index contributed by atoms with van der Waals surface area (Å²) in [5, 5.41) is 11.1. The molecule has 0 bridgehead atoms. The molecule has 8 heteroatoms. The number of fused-ring (bicyclic) bond motifs is 1. The highest BCUT2D eigenvalue weighted by Gasteiger charge is 2.24. The van der Waals surface area contributed by atoms with Crippen LogP contribution in [0, 0.1) is 6.92 Å². The van der Waals surface area contributed by atoms with Gasteiger partial charge in [-0.1, -0.05) is 35.9 Å². The maximum atomic E-state index is 12.5. The van der Waals surface area contributed by atoms with Gasteiger partial charge in [-0.15, -0.1) is 0 Å². The maximum absolute atomic E-state index is 12.5. The van der Waals surface area contributed by atoms with Crippen molar-refractivity contribution in [3.8, 4) is 0 Å². The minimum atomic E-state index is -0.217. The second-order valence-electron chi connectivity index (χ2n) is 8.51. The first kappa shape index (κ1) is 22.1. The van der Waals surface area contributed by atoms with Crippen molar-refractivity contribution < 1.29 is 4.79 Å². The van der Waals surface area contributed by atoms with E-state index < -0.39 is 0 Å². The molecule has 4 rings (SSSR count). The van der Waals surface area contributed by atoms with Crippen LogP contribution < -0.4 is 20.9 Å². The Bertz CT molecular complexity index is 1090. The van der Waals surface area contributed by atoms with Crippen molar-refractivity contribution in [1.29, 1.82) is 0 Å². The first-order valence-corrected chi connectivity index (χ1v) is 11.3. The standard InChI is InChI=1S/C24H29ClN6O/c1-15-7-6-9-19(25)21(15)29-24(32)27-17-13-11-16(12-14-17)26-23-28-20-10-5-4-8-18(20)22(30-23)31(2)3/h4-10,16-17H,11-14H2,1-3H3,(H,26,28,30)(H2,27,29,32)/t16-,17+. The van der Waals surface area contributed by atoms with Gasteiger partial charge >= 0.3 is 6.03 Å². The highest BCUT2D eigenvalue weighted by Crippen LogP contribution is 2.27. The van der Waals surface area contributed by atoms with Crippen LogP contribution in [0.1, 0.15) is 31.2 Å². The Morgan fingerprint density at radius 1 is 1.00 bits per heavy atom. The van der Waals surface area contributed by atoms with Crippen LogP contribution in [-0.4, -0.2) is 42.2 Å². The zero-order chi connectivity index (χ0) is 22.7. The quantitative estimate of drug-likeness (QED) is 0.495. The van der Waals surface area contributed by atoms with Crippen molar-refractivity contribution in [2.45, 2.75) is 44.7 Å². The van der Waals surface area contributed by atoms with Gasteiger partial charge in [0.1, 0.15) is 5.82 Å². The minimum absolute atomic E-state index is 0.130. The van der Waals surface area contributed by atoms with Crippen molar-refractivity contribution >= 4 is 46.0 Å². The van der Waals surface area contributed by atoms with Gasteiger partial charge in [-0.25, -0.2) is 9.78 Å². The molecule has 3 aromatic rings. The van der Waals surface area contributed by atoms with E-state index in [9.17, 15) is 4.79 Å². The lowest BCUT2D eigenvalue weighted by molar-refractivity contribution is 0.243. The molecular formula is C24H29ClN6O. The van der Waals surface area contributed by atoms with E-state index in [4.69, 9.17) is 21.6 Å². The Morgan fingerprint density at radius 3 is 2.44 bits per heavy atom. The molecule has 0 radical (unpaired) electrons. The van der Waals surface area contributed by atoms with Crippen LogP contribution in [-0.2, 0) is 0 Å². The lowest BCUT2D eigenvalue weighted by Crippen LogP contribution is -2.42. The van der Waals surface area contributed by atoms with E-state index in [0.717, 1.165) is 48.0 Å². The Labute approximate surface area is 193 Å². The molecule has 168 valence electrons. The van der Waals surface area contributed by atoms with E-state index in [2.05, 4.69) is 16.0 Å². The maximum Gasteiger partial charge on any atom is 0.319 e. The number of halogens is 1. The fraction of sp³-hybridized carbons (Fsp3) is 0.375. The van der Waals surface area contributed by atoms with Gasteiger partial charge in [-0.2, -0.15) is 4.98 Å². The molecule has 3 N–H and O–H groups in total. The predicted octanol–water partition coefficient (Wildman–Crippen LogP) is 5.20. The summed E-state index contributed by atoms with van der Waals surface area (Å²) in [6.07, 6.45) is 3.65. The van der Waals surface area contributed by atoms with Crippen LogP contribution in [0.3, 0.4) is 0 Å². The molecule has 1 aromatic heterocycles. The molecule has 7 nitrogen and oxygen atoms in total. The van der Waals surface area contributed by atoms with Gasteiger partial charge in [-0.3, -0.25) is 0 Å². The second kappa shape index (κ2) is 9.61. The molecule has 2 aromatic carbocycles. The van der Waals surface area contributed by atoms with E-state index >= 15 is 0 Å². The fourth-order valence-electron chi connectivity index (χ4n) is 4.16. The Kier molecular flexibility index (Phi) is 6.65. The molecular weight excluding hydrogens is 424 g/mol. The number of hydrogen-bond donors (Lipinski definition) is 3. The second-order valence-corrected chi connectivity index (χ2v) is 8.91. The summed E-state index contributed by atoms with van der Waals surface area (Å²) in [6, 6.07) is 13.8. The van der Waals surface area contributed by atoms with Gasteiger partial charge in [0.2, 0.25) is 5.95 Å². The number of benzene rings is 2. The lowest BCUT2D eigenvalue weighted by Gasteiger charge is -2.30. The van der Waals surface area contributed by atoms with Crippen LogP contribution in [0.15, 0.2) is 42.5 Å². The normalized spacial score (nSPS) is 18.2. The van der Waals surface area contributed by atoms with Crippen LogP contribution in [0.4, 0.5) is 22.2 Å². The Balaban J connectivity index is 1.34. The highest BCUT2D eigenvalue weighted by molar-refractivity contribution is 6.33. The van der Waals surface area contributed by atoms with Crippen LogP contribution in [0.25, 0.3) is 10.9 Å². The summed E-state index contributed by atoms with van der Waals surface area (Å²) < 4.78 is 0. The third kappa shape index (κ3) is 5.05. The summed E-state index contributed by atoms with van der Waals surface area (Å²) in [7, 11) is 3.98. The zero-order valence-corrected chi connectivity index (χ0v) is 19.4. The average molecular weight is 453 g/mol. The summed E-state index contributed by atoms with van der Waals surface area (Å²) in [4.78, 5) is 23.9. The number of nitrogens with zero attached hydrogens (tertiary/aromatic N) is 3. The summed E-state index contributed by atoms with van der Waals surface area (Å²) >= 11 is 6.21. The van der Waals surface area contributed by atoms with Crippen LogP contribution in [0.2, 0.25) is 5.02 Å². The van der Waals surface area contributed by atoms with Crippen molar-refractivity contribution in [3.05, 3.63) is 53.1 Å². The van der Waals surface area contributed by atoms with Gasteiger partial charge in [0.15, 0.2) is 0 Å². The molecule has 0 saturated heterocycles. The molecule has 0 atom stereocenters. The van der Waals surface area contributed by atoms with Crippen molar-refractivity contribution in [3.63, 3.8) is 0 Å². The van der Waals surface area contributed by atoms with Gasteiger partial charge in [0, 0.05) is 31.6 Å². The fourth-order valence-corrected chi connectivity index (χ4v) is 4.42. The molecule has 32 heavy (non-hydrogen) atoms. The number of para-hydroxylation sites is 2. The number of anilines is 3. The zero-order valence-electron chi connectivity index (χ0n) is 18.7. The highest BCUT2D eigenvalue weighted by atomic mass is 35.5. The average Bonchev–Trinajstić information content (AvgIpc) is 2.77. The Morgan fingerprint density at radius 2 is 1.72 bits per heavy atom. The number of carbonyl (C=O) groups excluding carboxylic acids is 1. The number of amides is 2. The van der Waals surface area contributed by atoms with Gasteiger partial charge in [0.25, 0.3) is 0 Å². The molecule has 1 heterocycles. The summed E-state index contributed by atoms with van der Waals surface area (Å²) in [6.45, 7) is 1.93. The topological polar surface area (TPSA) is 82.2 Å². The van der Waals surface area contributed by atoms with Gasteiger partial charge < -0.3 is 20.9 Å². The molecule has 2 amide bonds. The summed E-state index contributed by atoms with van der Waals surface area (Å²) in [5.41, 5.74) is 2.52. The first-order valence-electron chi connectivity index (χ1n) is 10.9. The lowest BCUT2D eigenvalue weighted by atomic mass is 9.91. The molecule has 0 aliphatic heterocycles. The third-order valence-electron chi connectivity index (χ3n) is 5.86. The number of aryl methyl sites for hydroxylation is 1. The number of nitrogens with one attached hydrogen (secondary N) is 3. The van der Waals surface area contributed by atoms with Gasteiger partial charge in [0.05, 0.1) is 16.2 Å². The minimum Gasteiger partial charge on any atom is -0.362 e. The molecule has 0 spiro atoms. The largest absolute Gasteiger partial charge is 0.362 e. The SMILES string of the molecule is Cc1cccc(Cl)c1NC(=O)N[C@H]1CC[C@@H](Nc2nc(N(C)C)c3ccccc3n2)CC1. The molecule has 1 aliphatic rings. The van der Waals surface area contributed by atoms with E-state index in [-0.39, 0.29) is 18.1 Å². The van der Waals surface area contributed by atoms with E-state index in [0.29, 0.717) is 16.7 Å². The number of hydrogen-bond acceptors (Lipinski definition) is 5. The van der Waals surface area contributed by atoms with Crippen molar-refractivity contribution in [1.82, 2.24) is 15.3 Å². The number of urea groups is 1.